The van der Waals surface area contributed by atoms with E-state index in [1.165, 1.54) is 16.0 Å². The molecule has 1 unspecified atom stereocenters. The lowest BCUT2D eigenvalue weighted by atomic mass is 9.96. The molecular weight excluding hydrogens is 436 g/mol. The molecular formula is C29H30N4O2. The van der Waals surface area contributed by atoms with Crippen molar-refractivity contribution < 1.29 is 9.59 Å². The van der Waals surface area contributed by atoms with E-state index in [1.807, 2.05) is 60.7 Å². The Balaban J connectivity index is 1.49. The molecule has 3 aromatic carbocycles. The number of likely N-dealkylation sites (tertiary alicyclic amines) is 1. The first-order valence-electron chi connectivity index (χ1n) is 12.3. The number of imide groups is 1. The zero-order valence-electron chi connectivity index (χ0n) is 19.9. The highest BCUT2D eigenvalue weighted by atomic mass is 16.2. The molecule has 1 fully saturated rings. The number of hydrogen-bond acceptors (Lipinski definition) is 4. The van der Waals surface area contributed by atoms with Crippen molar-refractivity contribution in [3.63, 3.8) is 0 Å². The molecule has 2 heterocycles. The fourth-order valence-electron chi connectivity index (χ4n) is 5.06. The third kappa shape index (κ3) is 4.75. The van der Waals surface area contributed by atoms with Crippen molar-refractivity contribution in [1.29, 1.82) is 0 Å². The number of H-pyrrole nitrogens is 1. The molecule has 1 aliphatic rings. The third-order valence-electron chi connectivity index (χ3n) is 6.80. The van der Waals surface area contributed by atoms with E-state index in [-0.39, 0.29) is 24.3 Å². The van der Waals surface area contributed by atoms with Crippen LogP contribution in [-0.4, -0.2) is 39.3 Å². The number of hydrogen-bond donors (Lipinski definition) is 1. The Morgan fingerprint density at radius 2 is 1.69 bits per heavy atom. The minimum atomic E-state index is -0.396. The van der Waals surface area contributed by atoms with Crippen LogP contribution in [0, 0.1) is 0 Å². The SMILES string of the molecule is CCC(=O)N(C(=O)[C@@H]1CCCN1C(Cc1ccccc1)c1ccccc1)c1nc2ccccc2[nH]1. The van der Waals surface area contributed by atoms with E-state index in [0.717, 1.165) is 30.4 Å². The summed E-state index contributed by atoms with van der Waals surface area (Å²) >= 11 is 0. The van der Waals surface area contributed by atoms with Gasteiger partial charge in [-0.15, -0.1) is 0 Å². The van der Waals surface area contributed by atoms with Crippen LogP contribution in [0.25, 0.3) is 11.0 Å². The number of carbonyl (C=O) groups is 2. The van der Waals surface area contributed by atoms with Crippen LogP contribution in [0.4, 0.5) is 5.95 Å². The monoisotopic (exact) mass is 466 g/mol. The van der Waals surface area contributed by atoms with Gasteiger partial charge in [0.1, 0.15) is 0 Å². The first kappa shape index (κ1) is 23.0. The standard InChI is InChI=1S/C29H30N4O2/c1-2-27(34)33(29-30-23-16-9-10-17-24(23)31-29)28(35)25-18-11-19-32(25)26(22-14-7-4-8-15-22)20-21-12-5-3-6-13-21/h3-10,12-17,25-26H,2,11,18-20H2,1H3,(H,30,31)/t25-,26?/m0/s1. The van der Waals surface area contributed by atoms with Gasteiger partial charge in [-0.1, -0.05) is 79.7 Å². The number of anilines is 1. The van der Waals surface area contributed by atoms with Crippen LogP contribution in [0.3, 0.4) is 0 Å². The molecule has 4 aromatic rings. The molecule has 35 heavy (non-hydrogen) atoms. The van der Waals surface area contributed by atoms with Gasteiger partial charge in [-0.05, 0) is 49.1 Å². The second-order valence-electron chi connectivity index (χ2n) is 9.01. The minimum Gasteiger partial charge on any atom is -0.323 e. The van der Waals surface area contributed by atoms with Crippen LogP contribution in [0.1, 0.15) is 43.4 Å². The van der Waals surface area contributed by atoms with E-state index in [2.05, 4.69) is 39.1 Å². The predicted molar refractivity (Wildman–Crippen MR) is 138 cm³/mol. The fraction of sp³-hybridized carbons (Fsp3) is 0.276. The molecule has 0 spiro atoms. The number of imidazole rings is 1. The van der Waals surface area contributed by atoms with E-state index >= 15 is 0 Å². The molecule has 1 N–H and O–H groups in total. The van der Waals surface area contributed by atoms with Crippen molar-refractivity contribution in [1.82, 2.24) is 14.9 Å². The number of carbonyl (C=O) groups excluding carboxylic acids is 2. The third-order valence-corrected chi connectivity index (χ3v) is 6.80. The average Bonchev–Trinajstić information content (AvgIpc) is 3.55. The molecule has 6 nitrogen and oxygen atoms in total. The number of para-hydroxylation sites is 2. The molecule has 178 valence electrons. The number of aromatic nitrogens is 2. The van der Waals surface area contributed by atoms with E-state index < -0.39 is 6.04 Å². The Kier molecular flexibility index (Phi) is 6.73. The summed E-state index contributed by atoms with van der Waals surface area (Å²) in [5, 5.41) is 0. The largest absolute Gasteiger partial charge is 0.323 e. The van der Waals surface area contributed by atoms with Crippen molar-refractivity contribution in [3.8, 4) is 0 Å². The van der Waals surface area contributed by atoms with Crippen molar-refractivity contribution in [2.75, 3.05) is 11.4 Å². The lowest BCUT2D eigenvalue weighted by Gasteiger charge is -2.34. The number of nitrogens with zero attached hydrogens (tertiary/aromatic N) is 3. The first-order valence-corrected chi connectivity index (χ1v) is 12.3. The molecule has 0 bridgehead atoms. The van der Waals surface area contributed by atoms with Crippen molar-refractivity contribution >= 4 is 28.8 Å². The Labute approximate surface area is 205 Å². The highest BCUT2D eigenvalue weighted by molar-refractivity contribution is 6.16. The first-order chi connectivity index (χ1) is 17.2. The highest BCUT2D eigenvalue weighted by Gasteiger charge is 2.40. The lowest BCUT2D eigenvalue weighted by molar-refractivity contribution is -0.129. The van der Waals surface area contributed by atoms with Crippen LogP contribution in [0.5, 0.6) is 0 Å². The summed E-state index contributed by atoms with van der Waals surface area (Å²) < 4.78 is 0. The molecule has 5 rings (SSSR count). The van der Waals surface area contributed by atoms with Crippen molar-refractivity contribution in [2.24, 2.45) is 0 Å². The Bertz CT molecular complexity index is 1270. The molecule has 1 saturated heterocycles. The normalized spacial score (nSPS) is 16.9. The molecule has 1 aromatic heterocycles. The number of rotatable bonds is 7. The maximum absolute atomic E-state index is 14.0. The summed E-state index contributed by atoms with van der Waals surface area (Å²) in [5.41, 5.74) is 3.93. The number of benzene rings is 3. The van der Waals surface area contributed by atoms with Gasteiger partial charge in [0.25, 0.3) is 5.91 Å². The van der Waals surface area contributed by atoms with E-state index in [4.69, 9.17) is 0 Å². The van der Waals surface area contributed by atoms with Gasteiger partial charge in [0.05, 0.1) is 17.1 Å². The second-order valence-corrected chi connectivity index (χ2v) is 9.01. The zero-order valence-corrected chi connectivity index (χ0v) is 19.9. The van der Waals surface area contributed by atoms with Gasteiger partial charge in [0.2, 0.25) is 11.9 Å². The van der Waals surface area contributed by atoms with Gasteiger partial charge >= 0.3 is 0 Å². The van der Waals surface area contributed by atoms with Gasteiger partial charge in [-0.3, -0.25) is 14.5 Å². The van der Waals surface area contributed by atoms with Crippen LogP contribution in [-0.2, 0) is 16.0 Å². The Hall–Kier alpha value is -3.77. The number of fused-ring (bicyclic) bond motifs is 1. The zero-order chi connectivity index (χ0) is 24.2. The summed E-state index contributed by atoms with van der Waals surface area (Å²) in [4.78, 5) is 38.4. The van der Waals surface area contributed by atoms with Crippen LogP contribution < -0.4 is 4.90 Å². The van der Waals surface area contributed by atoms with E-state index in [0.29, 0.717) is 12.4 Å². The smallest absolute Gasteiger partial charge is 0.253 e. The van der Waals surface area contributed by atoms with E-state index in [1.54, 1.807) is 6.92 Å². The molecule has 0 saturated carbocycles. The average molecular weight is 467 g/mol. The van der Waals surface area contributed by atoms with Crippen LogP contribution in [0.2, 0.25) is 0 Å². The molecule has 1 aliphatic heterocycles. The summed E-state index contributed by atoms with van der Waals surface area (Å²) in [6.07, 6.45) is 2.64. The van der Waals surface area contributed by atoms with Crippen molar-refractivity contribution in [2.45, 2.75) is 44.7 Å². The lowest BCUT2D eigenvalue weighted by Crippen LogP contribution is -2.50. The molecule has 6 heteroatoms. The topological polar surface area (TPSA) is 69.3 Å². The minimum absolute atomic E-state index is 0.0318. The highest BCUT2D eigenvalue weighted by Crippen LogP contribution is 2.34. The van der Waals surface area contributed by atoms with Crippen molar-refractivity contribution in [3.05, 3.63) is 96.1 Å². The number of amides is 2. The number of nitrogens with one attached hydrogen (secondary N) is 1. The van der Waals surface area contributed by atoms with E-state index in [9.17, 15) is 9.59 Å². The predicted octanol–water partition coefficient (Wildman–Crippen LogP) is 5.28. The summed E-state index contributed by atoms with van der Waals surface area (Å²) in [6, 6.07) is 27.9. The van der Waals surface area contributed by atoms with Gasteiger partial charge in [-0.25, -0.2) is 9.88 Å². The maximum atomic E-state index is 14.0. The molecule has 2 atom stereocenters. The molecule has 0 radical (unpaired) electrons. The van der Waals surface area contributed by atoms with Gasteiger partial charge < -0.3 is 4.98 Å². The van der Waals surface area contributed by atoms with Gasteiger partial charge in [-0.2, -0.15) is 0 Å². The molecule has 0 aliphatic carbocycles. The van der Waals surface area contributed by atoms with Gasteiger partial charge in [0, 0.05) is 12.5 Å². The van der Waals surface area contributed by atoms with Crippen LogP contribution >= 0.6 is 0 Å². The fourth-order valence-corrected chi connectivity index (χ4v) is 5.06. The Morgan fingerprint density at radius 1 is 1.00 bits per heavy atom. The Morgan fingerprint density at radius 3 is 2.40 bits per heavy atom. The van der Waals surface area contributed by atoms with Crippen LogP contribution in [0.15, 0.2) is 84.9 Å². The summed E-state index contributed by atoms with van der Waals surface area (Å²) in [5.74, 6) is -0.156. The summed E-state index contributed by atoms with van der Waals surface area (Å²) in [6.45, 7) is 2.58. The summed E-state index contributed by atoms with van der Waals surface area (Å²) in [7, 11) is 0. The quantitative estimate of drug-likeness (QED) is 0.402. The van der Waals surface area contributed by atoms with Gasteiger partial charge in [0.15, 0.2) is 0 Å². The number of aromatic amines is 1. The maximum Gasteiger partial charge on any atom is 0.253 e. The second kappa shape index (κ2) is 10.2. The molecule has 2 amide bonds.